The van der Waals surface area contributed by atoms with Gasteiger partial charge in [-0.15, -0.1) is 0 Å². The molecule has 0 unspecified atom stereocenters. The Hall–Kier alpha value is -1.89. The highest BCUT2D eigenvalue weighted by molar-refractivity contribution is 5.97. The molecule has 1 aliphatic carbocycles. The third-order valence-electron chi connectivity index (χ3n) is 5.77. The molecule has 0 bridgehead atoms. The van der Waals surface area contributed by atoms with E-state index in [9.17, 15) is 19.5 Å². The largest absolute Gasteiger partial charge is 0.394 e. The number of allylic oxidation sites excluding steroid dienone is 1. The molecule has 7 heteroatoms. The first-order valence-electron chi connectivity index (χ1n) is 9.78. The first-order chi connectivity index (χ1) is 12.6. The summed E-state index contributed by atoms with van der Waals surface area (Å²) in [5, 5.41) is 15.5. The second-order valence-corrected chi connectivity index (χ2v) is 8.33. The summed E-state index contributed by atoms with van der Waals surface area (Å²) >= 11 is 0. The fourth-order valence-electron chi connectivity index (χ4n) is 4.45. The minimum atomic E-state index is -0.722. The molecule has 6 atom stereocenters. The summed E-state index contributed by atoms with van der Waals surface area (Å²) in [5.41, 5.74) is 0. The molecule has 2 aliphatic rings. The second kappa shape index (κ2) is 8.42. The van der Waals surface area contributed by atoms with Gasteiger partial charge in [0.15, 0.2) is 0 Å². The lowest BCUT2D eigenvalue weighted by atomic mass is 9.70. The zero-order valence-electron chi connectivity index (χ0n) is 17.1. The highest BCUT2D eigenvalue weighted by atomic mass is 16.3. The Kier molecular flexibility index (Phi) is 6.68. The maximum atomic E-state index is 13.4. The minimum Gasteiger partial charge on any atom is -0.394 e. The molecular formula is C20H33N3O4. The zero-order valence-corrected chi connectivity index (χ0v) is 17.1. The minimum absolute atomic E-state index is 0.0201. The predicted octanol–water partition coefficient (Wildman–Crippen LogP) is 0.539. The van der Waals surface area contributed by atoms with E-state index in [4.69, 9.17) is 0 Å². The van der Waals surface area contributed by atoms with Gasteiger partial charge in [0.2, 0.25) is 17.7 Å². The topological polar surface area (TPSA) is 98.7 Å². The number of rotatable bonds is 6. The van der Waals surface area contributed by atoms with Crippen molar-refractivity contribution in [3.8, 4) is 0 Å². The van der Waals surface area contributed by atoms with Crippen molar-refractivity contribution in [2.45, 2.75) is 52.7 Å². The van der Waals surface area contributed by atoms with E-state index >= 15 is 0 Å². The van der Waals surface area contributed by atoms with Crippen LogP contribution in [0.25, 0.3) is 0 Å². The van der Waals surface area contributed by atoms with Gasteiger partial charge in [-0.05, 0) is 25.7 Å². The standard InChI is InChI=1S/C20H33N3O4/c1-10(2)14(9-24)23-17(19(26)22-11(3)4)13-8-7-12(5)15(18(25)21-6)16(13)20(23)27/h7-8,10-17,24H,9H2,1-6H3,(H,21,25)(H,22,26)/t12-,13+,14+,15-,16-,17+/m1/s1. The van der Waals surface area contributed by atoms with Gasteiger partial charge in [-0.2, -0.15) is 0 Å². The number of nitrogens with zero attached hydrogens (tertiary/aromatic N) is 1. The molecular weight excluding hydrogens is 346 g/mol. The molecule has 3 N–H and O–H groups in total. The second-order valence-electron chi connectivity index (χ2n) is 8.33. The van der Waals surface area contributed by atoms with Gasteiger partial charge in [0.05, 0.1) is 24.5 Å². The summed E-state index contributed by atoms with van der Waals surface area (Å²) < 4.78 is 0. The number of hydrogen-bond acceptors (Lipinski definition) is 4. The molecule has 27 heavy (non-hydrogen) atoms. The van der Waals surface area contributed by atoms with Crippen LogP contribution in [0.3, 0.4) is 0 Å². The number of likely N-dealkylation sites (tertiary alicyclic amines) is 1. The van der Waals surface area contributed by atoms with Crippen LogP contribution >= 0.6 is 0 Å². The van der Waals surface area contributed by atoms with E-state index in [-0.39, 0.29) is 48.1 Å². The van der Waals surface area contributed by atoms with Crippen molar-refractivity contribution >= 4 is 17.7 Å². The van der Waals surface area contributed by atoms with Crippen molar-refractivity contribution in [2.24, 2.45) is 29.6 Å². The molecule has 1 heterocycles. The van der Waals surface area contributed by atoms with Crippen molar-refractivity contribution in [1.29, 1.82) is 0 Å². The number of aliphatic hydroxyl groups is 1. The molecule has 0 radical (unpaired) electrons. The summed E-state index contributed by atoms with van der Waals surface area (Å²) in [5.74, 6) is -2.28. The van der Waals surface area contributed by atoms with E-state index < -0.39 is 23.9 Å². The summed E-state index contributed by atoms with van der Waals surface area (Å²) in [7, 11) is 1.56. The Labute approximate surface area is 161 Å². The average molecular weight is 380 g/mol. The lowest BCUT2D eigenvalue weighted by Crippen LogP contribution is -2.54. The first kappa shape index (κ1) is 21.4. The molecule has 3 amide bonds. The molecule has 1 fully saturated rings. The molecule has 2 rings (SSSR count). The van der Waals surface area contributed by atoms with Gasteiger partial charge in [-0.1, -0.05) is 32.9 Å². The van der Waals surface area contributed by atoms with Crippen LogP contribution in [-0.4, -0.2) is 59.5 Å². The third kappa shape index (κ3) is 3.88. The Balaban J connectivity index is 2.53. The van der Waals surface area contributed by atoms with E-state index in [1.165, 1.54) is 4.90 Å². The van der Waals surface area contributed by atoms with Gasteiger partial charge < -0.3 is 20.6 Å². The number of aliphatic hydroxyl groups excluding tert-OH is 1. The smallest absolute Gasteiger partial charge is 0.243 e. The number of carbonyl (C=O) groups excluding carboxylic acids is 3. The van der Waals surface area contributed by atoms with Crippen LogP contribution < -0.4 is 10.6 Å². The molecule has 1 saturated heterocycles. The number of nitrogens with one attached hydrogen (secondary N) is 2. The van der Waals surface area contributed by atoms with E-state index in [2.05, 4.69) is 10.6 Å². The highest BCUT2D eigenvalue weighted by Crippen LogP contribution is 2.45. The van der Waals surface area contributed by atoms with E-state index in [0.29, 0.717) is 0 Å². The van der Waals surface area contributed by atoms with Crippen molar-refractivity contribution in [3.63, 3.8) is 0 Å². The molecule has 7 nitrogen and oxygen atoms in total. The van der Waals surface area contributed by atoms with Gasteiger partial charge in [0, 0.05) is 19.0 Å². The Bertz CT molecular complexity index is 616. The van der Waals surface area contributed by atoms with E-state index in [1.807, 2.05) is 46.8 Å². The van der Waals surface area contributed by atoms with Gasteiger partial charge in [-0.3, -0.25) is 14.4 Å². The molecule has 0 spiro atoms. The quantitative estimate of drug-likeness (QED) is 0.587. The van der Waals surface area contributed by atoms with Crippen molar-refractivity contribution < 1.29 is 19.5 Å². The van der Waals surface area contributed by atoms with E-state index in [0.717, 1.165) is 0 Å². The monoisotopic (exact) mass is 379 g/mol. The normalized spacial score (nSPS) is 31.2. The van der Waals surface area contributed by atoms with Crippen molar-refractivity contribution in [3.05, 3.63) is 12.2 Å². The zero-order chi connectivity index (χ0) is 20.5. The molecule has 0 aromatic heterocycles. The first-order valence-corrected chi connectivity index (χ1v) is 9.78. The van der Waals surface area contributed by atoms with Gasteiger partial charge in [0.1, 0.15) is 6.04 Å². The maximum Gasteiger partial charge on any atom is 0.243 e. The number of fused-ring (bicyclic) bond motifs is 1. The van der Waals surface area contributed by atoms with Crippen molar-refractivity contribution in [2.75, 3.05) is 13.7 Å². The number of amides is 3. The SMILES string of the molecule is CNC(=O)[C@H]1[C@@H]2C(=O)N([C@@H](CO)C(C)C)[C@H](C(=O)NC(C)C)[C@H]2C=C[C@H]1C. The van der Waals surface area contributed by atoms with E-state index in [1.54, 1.807) is 7.05 Å². The van der Waals surface area contributed by atoms with Crippen molar-refractivity contribution in [1.82, 2.24) is 15.5 Å². The third-order valence-corrected chi connectivity index (χ3v) is 5.77. The Morgan fingerprint density at radius 3 is 2.30 bits per heavy atom. The lowest BCUT2D eigenvalue weighted by molar-refractivity contribution is -0.144. The molecule has 152 valence electrons. The summed E-state index contributed by atoms with van der Waals surface area (Å²) in [6.07, 6.45) is 3.84. The van der Waals surface area contributed by atoms with Crippen LogP contribution in [0.2, 0.25) is 0 Å². The number of carbonyl (C=O) groups is 3. The molecule has 1 aliphatic heterocycles. The fourth-order valence-corrected chi connectivity index (χ4v) is 4.45. The van der Waals surface area contributed by atoms with Crippen LogP contribution in [0, 0.1) is 29.6 Å². The van der Waals surface area contributed by atoms with Crippen LogP contribution in [0.15, 0.2) is 12.2 Å². The molecule has 0 saturated carbocycles. The van der Waals surface area contributed by atoms with Gasteiger partial charge >= 0.3 is 0 Å². The average Bonchev–Trinajstić information content (AvgIpc) is 2.87. The lowest BCUT2D eigenvalue weighted by Gasteiger charge is -2.35. The van der Waals surface area contributed by atoms with Crippen LogP contribution in [0.5, 0.6) is 0 Å². The van der Waals surface area contributed by atoms with Gasteiger partial charge in [-0.25, -0.2) is 0 Å². The summed E-state index contributed by atoms with van der Waals surface area (Å²) in [4.78, 5) is 40.5. The molecule has 0 aromatic carbocycles. The Morgan fingerprint density at radius 2 is 1.81 bits per heavy atom. The number of hydrogen-bond donors (Lipinski definition) is 3. The van der Waals surface area contributed by atoms with Crippen LogP contribution in [-0.2, 0) is 14.4 Å². The predicted molar refractivity (Wildman–Crippen MR) is 102 cm³/mol. The highest BCUT2D eigenvalue weighted by Gasteiger charge is 2.58. The van der Waals surface area contributed by atoms with Crippen LogP contribution in [0.4, 0.5) is 0 Å². The Morgan fingerprint density at radius 1 is 1.19 bits per heavy atom. The summed E-state index contributed by atoms with van der Waals surface area (Å²) in [6.45, 7) is 9.27. The molecule has 0 aromatic rings. The summed E-state index contributed by atoms with van der Waals surface area (Å²) in [6, 6.07) is -1.26. The maximum absolute atomic E-state index is 13.4. The fraction of sp³-hybridized carbons (Fsp3) is 0.750. The van der Waals surface area contributed by atoms with Crippen LogP contribution in [0.1, 0.15) is 34.6 Å². The van der Waals surface area contributed by atoms with Gasteiger partial charge in [0.25, 0.3) is 0 Å².